The summed E-state index contributed by atoms with van der Waals surface area (Å²) in [4.78, 5) is 48.6. The van der Waals surface area contributed by atoms with Crippen LogP contribution in [0.1, 0.15) is 0 Å². The van der Waals surface area contributed by atoms with Gasteiger partial charge in [-0.05, 0) is 24.3 Å². The monoisotopic (exact) mass is 308 g/mol. The van der Waals surface area contributed by atoms with Crippen LogP contribution in [0.15, 0.2) is 61.6 Å². The molecule has 2 aromatic carbocycles. The van der Waals surface area contributed by atoms with Gasteiger partial charge in [0.1, 0.15) is 0 Å². The van der Waals surface area contributed by atoms with Crippen molar-refractivity contribution in [3.63, 3.8) is 0 Å². The molecule has 2 heterocycles. The molecule has 112 valence electrons. The Morgan fingerprint density at radius 2 is 1.09 bits per heavy atom. The Hall–Kier alpha value is -3.48. The predicted molar refractivity (Wildman–Crippen MR) is 83.4 cm³/mol. The third-order valence-electron chi connectivity index (χ3n) is 3.88. The molecule has 0 bridgehead atoms. The zero-order chi connectivity index (χ0) is 16.3. The van der Waals surface area contributed by atoms with Gasteiger partial charge in [0.2, 0.25) is 0 Å². The minimum Gasteiger partial charge on any atom is -0.422 e. The second-order valence-corrected chi connectivity index (χ2v) is 5.15. The number of hydrogen-bond donors (Lipinski definition) is 1. The maximum Gasteiger partial charge on any atom is 0.294 e. The van der Waals surface area contributed by atoms with Crippen molar-refractivity contribution in [2.45, 2.75) is 0 Å². The van der Waals surface area contributed by atoms with E-state index in [1.54, 1.807) is 30.3 Å². The summed E-state index contributed by atoms with van der Waals surface area (Å²) in [7, 11) is 0. The number of rotatable bonds is 1. The van der Waals surface area contributed by atoms with Crippen molar-refractivity contribution < 1.29 is 5.21 Å². The fraction of sp³-hybridized carbons (Fsp3) is 0. The molecule has 4 aromatic rings. The standard InChI is InChI=1S/C16H8N2O5/c19-13-9-6-11-12(16(22)18(23)15(11)21)7-10(9)14(20)17(13)8-4-2-1-3-5-8/h1-7,23H. The minimum absolute atomic E-state index is 0.0241. The highest BCUT2D eigenvalue weighted by molar-refractivity contribution is 5.98. The zero-order valence-corrected chi connectivity index (χ0v) is 11.5. The molecule has 7 heteroatoms. The lowest BCUT2D eigenvalue weighted by molar-refractivity contribution is 0.171. The number of para-hydroxylation sites is 1. The Morgan fingerprint density at radius 1 is 0.652 bits per heavy atom. The third-order valence-corrected chi connectivity index (χ3v) is 3.88. The Bertz CT molecular complexity index is 1210. The summed E-state index contributed by atoms with van der Waals surface area (Å²) in [6.45, 7) is 0. The first-order valence-electron chi connectivity index (χ1n) is 6.70. The van der Waals surface area contributed by atoms with Crippen LogP contribution in [0.3, 0.4) is 0 Å². The van der Waals surface area contributed by atoms with E-state index in [-0.39, 0.29) is 26.3 Å². The predicted octanol–water partition coefficient (Wildman–Crippen LogP) is 0.139. The van der Waals surface area contributed by atoms with Gasteiger partial charge in [-0.3, -0.25) is 19.2 Å². The molecule has 0 aliphatic heterocycles. The molecular formula is C16H8N2O5. The molecule has 0 amide bonds. The van der Waals surface area contributed by atoms with Crippen molar-refractivity contribution in [1.82, 2.24) is 9.30 Å². The van der Waals surface area contributed by atoms with Gasteiger partial charge in [-0.1, -0.05) is 18.2 Å². The van der Waals surface area contributed by atoms with Gasteiger partial charge in [0.25, 0.3) is 22.2 Å². The molecule has 0 aliphatic rings. The quantitative estimate of drug-likeness (QED) is 0.504. The smallest absolute Gasteiger partial charge is 0.294 e. The van der Waals surface area contributed by atoms with Crippen LogP contribution in [-0.2, 0) is 0 Å². The summed E-state index contributed by atoms with van der Waals surface area (Å²) < 4.78 is 0.968. The van der Waals surface area contributed by atoms with E-state index in [2.05, 4.69) is 0 Å². The Labute approximate surface area is 126 Å². The Kier molecular flexibility index (Phi) is 2.45. The van der Waals surface area contributed by atoms with Crippen LogP contribution in [0.25, 0.3) is 27.2 Å². The number of benzene rings is 2. The molecule has 4 rings (SSSR count). The van der Waals surface area contributed by atoms with Crippen LogP contribution >= 0.6 is 0 Å². The molecule has 0 fully saturated rings. The van der Waals surface area contributed by atoms with Gasteiger partial charge in [-0.25, -0.2) is 4.57 Å². The largest absolute Gasteiger partial charge is 0.422 e. The molecule has 7 nitrogen and oxygen atoms in total. The van der Waals surface area contributed by atoms with Crippen LogP contribution in [0.2, 0.25) is 0 Å². The molecule has 0 unspecified atom stereocenters. The summed E-state index contributed by atoms with van der Waals surface area (Å²) >= 11 is 0. The van der Waals surface area contributed by atoms with Gasteiger partial charge in [0.05, 0.1) is 27.2 Å². The number of hydrogen-bond acceptors (Lipinski definition) is 5. The van der Waals surface area contributed by atoms with Crippen LogP contribution in [0.4, 0.5) is 0 Å². The summed E-state index contributed by atoms with van der Waals surface area (Å²) in [6, 6.07) is 10.7. The average molecular weight is 308 g/mol. The first-order chi connectivity index (χ1) is 11.0. The second kappa shape index (κ2) is 4.26. The van der Waals surface area contributed by atoms with Crippen molar-refractivity contribution >= 4 is 21.5 Å². The third kappa shape index (κ3) is 1.58. The number of fused-ring (bicyclic) bond motifs is 2. The van der Waals surface area contributed by atoms with Crippen molar-refractivity contribution in [2.24, 2.45) is 0 Å². The SMILES string of the molecule is O=c1c2cc3c(=O)n(-c4ccccc4)c(=O)c3cc2c(=O)n1O. The summed E-state index contributed by atoms with van der Waals surface area (Å²) in [5.41, 5.74) is -2.57. The van der Waals surface area contributed by atoms with Crippen LogP contribution in [0.5, 0.6) is 0 Å². The zero-order valence-electron chi connectivity index (χ0n) is 11.5. The summed E-state index contributed by atoms with van der Waals surface area (Å²) in [6.07, 6.45) is 0. The van der Waals surface area contributed by atoms with Crippen LogP contribution in [0, 0.1) is 0 Å². The van der Waals surface area contributed by atoms with Crippen molar-refractivity contribution in [3.8, 4) is 5.69 Å². The normalized spacial score (nSPS) is 11.5. The average Bonchev–Trinajstić information content (AvgIpc) is 2.94. The van der Waals surface area contributed by atoms with E-state index in [1.165, 1.54) is 12.1 Å². The van der Waals surface area contributed by atoms with Crippen molar-refractivity contribution in [3.05, 3.63) is 83.9 Å². The highest BCUT2D eigenvalue weighted by atomic mass is 16.5. The fourth-order valence-electron chi connectivity index (χ4n) is 2.77. The number of nitrogens with zero attached hydrogens (tertiary/aromatic N) is 2. The minimum atomic E-state index is -0.911. The topological polar surface area (TPSA) is 98.4 Å². The first kappa shape index (κ1) is 13.2. The molecule has 0 spiro atoms. The van der Waals surface area contributed by atoms with Gasteiger partial charge < -0.3 is 5.21 Å². The van der Waals surface area contributed by atoms with Crippen LogP contribution in [-0.4, -0.2) is 14.5 Å². The van der Waals surface area contributed by atoms with Crippen molar-refractivity contribution in [2.75, 3.05) is 0 Å². The van der Waals surface area contributed by atoms with Gasteiger partial charge in [-0.15, -0.1) is 4.73 Å². The number of aromatic nitrogens is 2. The van der Waals surface area contributed by atoms with Crippen LogP contribution < -0.4 is 22.2 Å². The molecule has 1 N–H and O–H groups in total. The maximum absolute atomic E-state index is 12.5. The van der Waals surface area contributed by atoms with Gasteiger partial charge in [-0.2, -0.15) is 0 Å². The molecule has 0 atom stereocenters. The van der Waals surface area contributed by atoms with E-state index in [1.807, 2.05) is 0 Å². The van der Waals surface area contributed by atoms with E-state index in [0.717, 1.165) is 4.57 Å². The highest BCUT2D eigenvalue weighted by Gasteiger charge is 2.19. The maximum atomic E-state index is 12.5. The van der Waals surface area contributed by atoms with Crippen molar-refractivity contribution in [1.29, 1.82) is 0 Å². The lowest BCUT2D eigenvalue weighted by Gasteiger charge is -1.97. The molecule has 0 saturated carbocycles. The lowest BCUT2D eigenvalue weighted by atomic mass is 10.1. The molecule has 0 saturated heterocycles. The summed E-state index contributed by atoms with van der Waals surface area (Å²) in [5, 5.41) is 9.27. The van der Waals surface area contributed by atoms with Gasteiger partial charge >= 0.3 is 0 Å². The van der Waals surface area contributed by atoms with Gasteiger partial charge in [0, 0.05) is 0 Å². The second-order valence-electron chi connectivity index (χ2n) is 5.15. The molecule has 0 radical (unpaired) electrons. The fourth-order valence-corrected chi connectivity index (χ4v) is 2.77. The van der Waals surface area contributed by atoms with E-state index < -0.39 is 22.2 Å². The van der Waals surface area contributed by atoms with E-state index in [0.29, 0.717) is 5.69 Å². The Balaban J connectivity index is 2.23. The van der Waals surface area contributed by atoms with E-state index in [9.17, 15) is 24.4 Å². The van der Waals surface area contributed by atoms with E-state index >= 15 is 0 Å². The molecule has 23 heavy (non-hydrogen) atoms. The molecule has 0 aliphatic carbocycles. The molecular weight excluding hydrogens is 300 g/mol. The molecule has 2 aromatic heterocycles. The highest BCUT2D eigenvalue weighted by Crippen LogP contribution is 2.15. The van der Waals surface area contributed by atoms with Gasteiger partial charge in [0.15, 0.2) is 0 Å². The Morgan fingerprint density at radius 3 is 1.57 bits per heavy atom. The van der Waals surface area contributed by atoms with E-state index in [4.69, 9.17) is 0 Å². The first-order valence-corrected chi connectivity index (χ1v) is 6.70. The lowest BCUT2D eigenvalue weighted by Crippen LogP contribution is -2.23. The summed E-state index contributed by atoms with van der Waals surface area (Å²) in [5.74, 6) is 0.